The molecule has 0 unspecified atom stereocenters. The van der Waals surface area contributed by atoms with Gasteiger partial charge in [0.1, 0.15) is 11.5 Å². The monoisotopic (exact) mass is 446 g/mol. The van der Waals surface area contributed by atoms with Crippen LogP contribution < -0.4 is 19.1 Å². The molecule has 0 spiro atoms. The van der Waals surface area contributed by atoms with Crippen molar-refractivity contribution < 1.29 is 22.7 Å². The number of hydrogen-bond acceptors (Lipinski definition) is 5. The van der Waals surface area contributed by atoms with Crippen LogP contribution in [0.2, 0.25) is 0 Å². The molecule has 8 heteroatoms. The van der Waals surface area contributed by atoms with Gasteiger partial charge in [0.2, 0.25) is 15.9 Å². The molecule has 1 heterocycles. The fraction of sp³-hybridized carbons (Fsp3) is 0.435. The van der Waals surface area contributed by atoms with Crippen molar-refractivity contribution in [3.63, 3.8) is 0 Å². The number of rotatable bonds is 11. The van der Waals surface area contributed by atoms with Gasteiger partial charge in [0.05, 0.1) is 24.3 Å². The minimum Gasteiger partial charge on any atom is -0.495 e. The molecule has 1 aliphatic rings. The van der Waals surface area contributed by atoms with Crippen LogP contribution in [0.1, 0.15) is 38.2 Å². The molecule has 1 fully saturated rings. The molecule has 0 saturated carbocycles. The molecule has 0 atom stereocenters. The van der Waals surface area contributed by atoms with E-state index in [0.717, 1.165) is 24.2 Å². The second-order valence-electron chi connectivity index (χ2n) is 7.44. The van der Waals surface area contributed by atoms with Gasteiger partial charge in [-0.05, 0) is 55.5 Å². The number of nitrogens with one attached hydrogen (secondary N) is 1. The van der Waals surface area contributed by atoms with Crippen molar-refractivity contribution in [1.82, 2.24) is 4.72 Å². The van der Waals surface area contributed by atoms with Crippen LogP contribution >= 0.6 is 0 Å². The summed E-state index contributed by atoms with van der Waals surface area (Å²) in [7, 11) is -2.20. The first-order chi connectivity index (χ1) is 15.0. The summed E-state index contributed by atoms with van der Waals surface area (Å²) in [5, 5.41) is 0. The molecule has 3 rings (SSSR count). The van der Waals surface area contributed by atoms with Gasteiger partial charge in [-0.25, -0.2) is 13.1 Å². The summed E-state index contributed by atoms with van der Waals surface area (Å²) < 4.78 is 39.4. The number of para-hydroxylation sites is 1. The topological polar surface area (TPSA) is 84.9 Å². The van der Waals surface area contributed by atoms with Crippen LogP contribution in [0.4, 0.5) is 5.69 Å². The maximum atomic E-state index is 12.8. The maximum absolute atomic E-state index is 12.8. The molecule has 2 aromatic carbocycles. The number of anilines is 1. The first kappa shape index (κ1) is 23.1. The third-order valence-electron chi connectivity index (χ3n) is 5.17. The Balaban J connectivity index is 1.64. The summed E-state index contributed by atoms with van der Waals surface area (Å²) in [5.41, 5.74) is 1.56. The van der Waals surface area contributed by atoms with Crippen LogP contribution in [0.25, 0.3) is 0 Å². The van der Waals surface area contributed by atoms with E-state index in [4.69, 9.17) is 9.47 Å². The minimum absolute atomic E-state index is 0.0234. The molecule has 31 heavy (non-hydrogen) atoms. The smallest absolute Gasteiger partial charge is 0.240 e. The Morgan fingerprint density at radius 2 is 1.94 bits per heavy atom. The highest BCUT2D eigenvalue weighted by molar-refractivity contribution is 7.89. The average molecular weight is 447 g/mol. The zero-order chi connectivity index (χ0) is 22.3. The van der Waals surface area contributed by atoms with E-state index in [9.17, 15) is 13.2 Å². The van der Waals surface area contributed by atoms with Crippen LogP contribution in [0, 0.1) is 0 Å². The number of hydrogen-bond donors (Lipinski definition) is 1. The Hall–Kier alpha value is -2.58. The lowest BCUT2D eigenvalue weighted by molar-refractivity contribution is -0.117. The van der Waals surface area contributed by atoms with Crippen molar-refractivity contribution in [2.75, 3.05) is 31.7 Å². The summed E-state index contributed by atoms with van der Waals surface area (Å²) in [4.78, 5) is 13.8. The fourth-order valence-corrected chi connectivity index (χ4v) is 4.68. The number of carbonyl (C=O) groups excluding carboxylic acids is 1. The highest BCUT2D eigenvalue weighted by Gasteiger charge is 2.26. The molecule has 0 aliphatic carbocycles. The van der Waals surface area contributed by atoms with Gasteiger partial charge in [-0.1, -0.05) is 25.1 Å². The Bertz CT molecular complexity index is 1010. The quantitative estimate of drug-likeness (QED) is 0.534. The molecular weight excluding hydrogens is 416 g/mol. The predicted molar refractivity (Wildman–Crippen MR) is 120 cm³/mol. The van der Waals surface area contributed by atoms with Gasteiger partial charge in [-0.15, -0.1) is 0 Å². The van der Waals surface area contributed by atoms with E-state index in [1.54, 1.807) is 11.0 Å². The maximum Gasteiger partial charge on any atom is 0.240 e. The number of sulfonamides is 1. The molecule has 0 bridgehead atoms. The standard InChI is InChI=1S/C23H30N2O5S/c1-3-16-30-21-10-5-4-8-18(21)9-6-14-24-31(27,28)19-12-13-22(29-2)20(17-19)25-15-7-11-23(25)26/h4-5,8,10,12-13,17,24H,3,6-7,9,11,14-16H2,1-2H3. The molecular formula is C23H30N2O5S. The highest BCUT2D eigenvalue weighted by Crippen LogP contribution is 2.33. The van der Waals surface area contributed by atoms with E-state index < -0.39 is 10.0 Å². The van der Waals surface area contributed by atoms with Crippen molar-refractivity contribution in [2.45, 2.75) is 43.9 Å². The molecule has 1 saturated heterocycles. The number of carbonyl (C=O) groups is 1. The lowest BCUT2D eigenvalue weighted by Gasteiger charge is -2.20. The van der Waals surface area contributed by atoms with Gasteiger partial charge < -0.3 is 14.4 Å². The molecule has 1 aliphatic heterocycles. The van der Waals surface area contributed by atoms with Crippen LogP contribution in [0.3, 0.4) is 0 Å². The Morgan fingerprint density at radius 1 is 1.13 bits per heavy atom. The summed E-state index contributed by atoms with van der Waals surface area (Å²) >= 11 is 0. The normalized spacial score (nSPS) is 14.1. The van der Waals surface area contributed by atoms with Crippen molar-refractivity contribution in [3.05, 3.63) is 48.0 Å². The van der Waals surface area contributed by atoms with E-state index in [0.29, 0.717) is 50.4 Å². The van der Waals surface area contributed by atoms with Crippen LogP contribution in [0.15, 0.2) is 47.4 Å². The first-order valence-corrected chi connectivity index (χ1v) is 12.1. The van der Waals surface area contributed by atoms with Gasteiger partial charge in [-0.3, -0.25) is 4.79 Å². The Morgan fingerprint density at radius 3 is 2.65 bits per heavy atom. The number of methoxy groups -OCH3 is 1. The van der Waals surface area contributed by atoms with Crippen LogP contribution in [-0.4, -0.2) is 41.1 Å². The fourth-order valence-electron chi connectivity index (χ4n) is 3.58. The highest BCUT2D eigenvalue weighted by atomic mass is 32.2. The second kappa shape index (κ2) is 10.6. The lowest BCUT2D eigenvalue weighted by atomic mass is 10.1. The molecule has 2 aromatic rings. The summed E-state index contributed by atoms with van der Waals surface area (Å²) in [5.74, 6) is 1.31. The van der Waals surface area contributed by atoms with Gasteiger partial charge in [0.15, 0.2) is 0 Å². The second-order valence-corrected chi connectivity index (χ2v) is 9.21. The molecule has 168 valence electrons. The summed E-state index contributed by atoms with van der Waals surface area (Å²) in [6.45, 7) is 3.57. The van der Waals surface area contributed by atoms with Gasteiger partial charge in [-0.2, -0.15) is 0 Å². The first-order valence-electron chi connectivity index (χ1n) is 10.6. The van der Waals surface area contributed by atoms with Crippen molar-refractivity contribution >= 4 is 21.6 Å². The third-order valence-corrected chi connectivity index (χ3v) is 6.63. The van der Waals surface area contributed by atoms with E-state index in [1.165, 1.54) is 19.2 Å². The van der Waals surface area contributed by atoms with E-state index >= 15 is 0 Å². The number of aryl methyl sites for hydroxylation is 1. The Kier molecular flexibility index (Phi) is 7.92. The van der Waals surface area contributed by atoms with Crippen molar-refractivity contribution in [3.8, 4) is 11.5 Å². The van der Waals surface area contributed by atoms with E-state index in [-0.39, 0.29) is 10.8 Å². The third kappa shape index (κ3) is 5.77. The molecule has 0 aromatic heterocycles. The molecule has 0 radical (unpaired) electrons. The van der Waals surface area contributed by atoms with Gasteiger partial charge in [0, 0.05) is 19.5 Å². The number of amides is 1. The van der Waals surface area contributed by atoms with Crippen LogP contribution in [-0.2, 0) is 21.2 Å². The van der Waals surface area contributed by atoms with E-state index in [2.05, 4.69) is 11.6 Å². The lowest BCUT2D eigenvalue weighted by Crippen LogP contribution is -2.27. The SMILES string of the molecule is CCCOc1ccccc1CCCNS(=O)(=O)c1ccc(OC)c(N2CCCC2=O)c1. The van der Waals surface area contributed by atoms with Crippen molar-refractivity contribution in [2.24, 2.45) is 0 Å². The molecule has 1 amide bonds. The van der Waals surface area contributed by atoms with Gasteiger partial charge in [0.25, 0.3) is 0 Å². The summed E-state index contributed by atoms with van der Waals surface area (Å²) in [6, 6.07) is 12.4. The molecule has 7 nitrogen and oxygen atoms in total. The Labute approximate surface area is 184 Å². The molecule has 1 N–H and O–H groups in total. The zero-order valence-corrected chi connectivity index (χ0v) is 18.9. The predicted octanol–water partition coefficient (Wildman–Crippen LogP) is 3.52. The average Bonchev–Trinajstić information content (AvgIpc) is 3.21. The number of benzene rings is 2. The van der Waals surface area contributed by atoms with Gasteiger partial charge >= 0.3 is 0 Å². The van der Waals surface area contributed by atoms with Crippen LogP contribution in [0.5, 0.6) is 11.5 Å². The minimum atomic E-state index is -3.71. The number of ether oxygens (including phenoxy) is 2. The number of nitrogens with zero attached hydrogens (tertiary/aromatic N) is 1. The van der Waals surface area contributed by atoms with E-state index in [1.807, 2.05) is 24.3 Å². The van der Waals surface area contributed by atoms with Crippen molar-refractivity contribution in [1.29, 1.82) is 0 Å². The summed E-state index contributed by atoms with van der Waals surface area (Å²) in [6.07, 6.45) is 3.49. The zero-order valence-electron chi connectivity index (χ0n) is 18.1. The largest absolute Gasteiger partial charge is 0.495 e.